The van der Waals surface area contributed by atoms with Gasteiger partial charge in [-0.2, -0.15) is 0 Å². The summed E-state index contributed by atoms with van der Waals surface area (Å²) in [4.78, 5) is 10.7. The van der Waals surface area contributed by atoms with Gasteiger partial charge in [-0.05, 0) is 33.5 Å². The van der Waals surface area contributed by atoms with Crippen LogP contribution in [0.25, 0.3) is 0 Å². The topological polar surface area (TPSA) is 101 Å². The van der Waals surface area contributed by atoms with Gasteiger partial charge in [0.05, 0.1) is 9.82 Å². The number of benzene rings is 1. The molecule has 0 bridgehead atoms. The molecule has 8 heteroatoms. The lowest BCUT2D eigenvalue weighted by Crippen LogP contribution is -2.29. The lowest BCUT2D eigenvalue weighted by atomic mass is 9.89. The van der Waals surface area contributed by atoms with Gasteiger partial charge < -0.3 is 5.32 Å². The molecular weight excluding hydrogens is 294 g/mol. The summed E-state index contributed by atoms with van der Waals surface area (Å²) in [5.74, 6) is -0.0678. The molecule has 0 aliphatic heterocycles. The van der Waals surface area contributed by atoms with Crippen molar-refractivity contribution in [1.82, 2.24) is 10.0 Å². The molecule has 21 heavy (non-hydrogen) atoms. The van der Waals surface area contributed by atoms with Gasteiger partial charge in [-0.15, -0.1) is 0 Å². The minimum atomic E-state index is -3.70. The first-order chi connectivity index (χ1) is 9.78. The van der Waals surface area contributed by atoms with E-state index >= 15 is 0 Å². The van der Waals surface area contributed by atoms with Crippen molar-refractivity contribution in [2.75, 3.05) is 14.1 Å². The second-order valence-electron chi connectivity index (χ2n) is 4.78. The van der Waals surface area contributed by atoms with Crippen LogP contribution in [0.5, 0.6) is 0 Å². The average Bonchev–Trinajstić information content (AvgIpc) is 2.47. The van der Waals surface area contributed by atoms with Crippen molar-refractivity contribution in [3.8, 4) is 0 Å². The summed E-state index contributed by atoms with van der Waals surface area (Å²) in [5.41, 5.74) is 0.375. The summed E-state index contributed by atoms with van der Waals surface area (Å²) >= 11 is 0. The van der Waals surface area contributed by atoms with E-state index < -0.39 is 14.9 Å². The molecule has 0 saturated carbocycles. The Kier molecular flexibility index (Phi) is 5.82. The summed E-state index contributed by atoms with van der Waals surface area (Å²) in [7, 11) is -0.638. The van der Waals surface area contributed by atoms with Gasteiger partial charge in [0.25, 0.3) is 5.69 Å². The molecule has 2 unspecified atom stereocenters. The predicted octanol–water partition coefficient (Wildman–Crippen LogP) is 1.60. The highest BCUT2D eigenvalue weighted by molar-refractivity contribution is 7.89. The van der Waals surface area contributed by atoms with Crippen molar-refractivity contribution < 1.29 is 13.3 Å². The van der Waals surface area contributed by atoms with Gasteiger partial charge in [-0.3, -0.25) is 10.1 Å². The molecule has 0 aromatic heterocycles. The van der Waals surface area contributed by atoms with Gasteiger partial charge in [0, 0.05) is 23.6 Å². The highest BCUT2D eigenvalue weighted by atomic mass is 32.2. The van der Waals surface area contributed by atoms with E-state index in [1.54, 1.807) is 7.05 Å². The Morgan fingerprint density at radius 2 is 1.95 bits per heavy atom. The quantitative estimate of drug-likeness (QED) is 0.588. The van der Waals surface area contributed by atoms with Crippen molar-refractivity contribution in [2.45, 2.75) is 37.1 Å². The second-order valence-corrected chi connectivity index (χ2v) is 6.66. The third kappa shape index (κ3) is 3.78. The molecule has 2 atom stereocenters. The highest BCUT2D eigenvalue weighted by Crippen LogP contribution is 2.33. The summed E-state index contributed by atoms with van der Waals surface area (Å²) < 4.78 is 25.7. The molecule has 0 spiro atoms. The van der Waals surface area contributed by atoms with Gasteiger partial charge in [0.15, 0.2) is 0 Å². The van der Waals surface area contributed by atoms with E-state index in [9.17, 15) is 18.5 Å². The van der Waals surface area contributed by atoms with Crippen LogP contribution in [0.15, 0.2) is 23.1 Å². The Balaban J connectivity index is 3.45. The van der Waals surface area contributed by atoms with Crippen molar-refractivity contribution in [2.24, 2.45) is 0 Å². The first-order valence-electron chi connectivity index (χ1n) is 6.67. The fourth-order valence-electron chi connectivity index (χ4n) is 2.32. The molecule has 0 radical (unpaired) electrons. The van der Waals surface area contributed by atoms with Crippen LogP contribution in [0.3, 0.4) is 0 Å². The zero-order valence-electron chi connectivity index (χ0n) is 12.6. The maximum Gasteiger partial charge on any atom is 0.274 e. The summed E-state index contributed by atoms with van der Waals surface area (Å²) in [6.45, 7) is 3.89. The number of hydrogen-bond acceptors (Lipinski definition) is 5. The smallest absolute Gasteiger partial charge is 0.274 e. The molecule has 1 aromatic carbocycles. The third-order valence-corrected chi connectivity index (χ3v) is 5.09. The maximum absolute atomic E-state index is 11.8. The molecule has 2 N–H and O–H groups in total. The van der Waals surface area contributed by atoms with E-state index in [0.29, 0.717) is 12.0 Å². The van der Waals surface area contributed by atoms with Crippen molar-refractivity contribution in [1.29, 1.82) is 0 Å². The van der Waals surface area contributed by atoms with E-state index in [0.717, 1.165) is 6.07 Å². The summed E-state index contributed by atoms with van der Waals surface area (Å²) in [6, 6.07) is 4.09. The molecule has 0 aliphatic rings. The minimum absolute atomic E-state index is 0.0421. The number of likely N-dealkylation sites (N-methyl/N-ethyl adjacent to an activating group) is 1. The van der Waals surface area contributed by atoms with Crippen LogP contribution in [0.4, 0.5) is 5.69 Å². The van der Waals surface area contributed by atoms with Crippen LogP contribution in [0, 0.1) is 10.1 Å². The maximum atomic E-state index is 11.8. The fraction of sp³-hybridized carbons (Fsp3) is 0.538. The largest absolute Gasteiger partial charge is 0.317 e. The first kappa shape index (κ1) is 17.5. The number of nitrogens with zero attached hydrogens (tertiary/aromatic N) is 1. The van der Waals surface area contributed by atoms with E-state index in [1.165, 1.54) is 19.2 Å². The molecule has 0 aliphatic carbocycles. The lowest BCUT2D eigenvalue weighted by molar-refractivity contribution is -0.386. The average molecular weight is 315 g/mol. The van der Waals surface area contributed by atoms with Gasteiger partial charge in [-0.1, -0.05) is 13.0 Å². The molecule has 118 valence electrons. The second kappa shape index (κ2) is 6.97. The Bertz CT molecular complexity index is 616. The number of nitro benzene ring substituents is 1. The first-order valence-corrected chi connectivity index (χ1v) is 8.15. The Morgan fingerprint density at radius 3 is 2.38 bits per heavy atom. The molecule has 0 saturated heterocycles. The summed E-state index contributed by atoms with van der Waals surface area (Å²) in [5, 5.41) is 14.4. The molecule has 0 amide bonds. The van der Waals surface area contributed by atoms with Crippen LogP contribution in [0.2, 0.25) is 0 Å². The van der Waals surface area contributed by atoms with Gasteiger partial charge in [0.1, 0.15) is 0 Å². The van der Waals surface area contributed by atoms with Crippen LogP contribution >= 0.6 is 0 Å². The van der Waals surface area contributed by atoms with E-state index in [4.69, 9.17) is 0 Å². The molecular formula is C13H21N3O4S. The standard InChI is InChI=1S/C13H21N3O4S/c1-5-11(9(2)14-3)12-7-6-10(21(19,20)15-4)8-13(12)16(17)18/h6-9,11,14-15H,5H2,1-4H3. The molecule has 1 aromatic rings. The minimum Gasteiger partial charge on any atom is -0.317 e. The monoisotopic (exact) mass is 315 g/mol. The molecule has 0 heterocycles. The Morgan fingerprint density at radius 1 is 1.33 bits per heavy atom. The van der Waals surface area contributed by atoms with Crippen LogP contribution in [-0.2, 0) is 10.0 Å². The zero-order chi connectivity index (χ0) is 16.2. The molecule has 1 rings (SSSR count). The van der Waals surface area contributed by atoms with Crippen molar-refractivity contribution >= 4 is 15.7 Å². The van der Waals surface area contributed by atoms with Crippen molar-refractivity contribution in [3.63, 3.8) is 0 Å². The van der Waals surface area contributed by atoms with Crippen LogP contribution < -0.4 is 10.0 Å². The van der Waals surface area contributed by atoms with Gasteiger partial charge in [-0.25, -0.2) is 13.1 Å². The fourth-order valence-corrected chi connectivity index (χ4v) is 3.07. The van der Waals surface area contributed by atoms with Crippen LogP contribution in [-0.4, -0.2) is 33.5 Å². The Hall–Kier alpha value is -1.51. The third-order valence-electron chi connectivity index (χ3n) is 3.68. The Labute approximate surface area is 124 Å². The van der Waals surface area contributed by atoms with Gasteiger partial charge in [0.2, 0.25) is 10.0 Å². The number of sulfonamides is 1. The SMILES string of the molecule is CCC(c1ccc(S(=O)(=O)NC)cc1[N+](=O)[O-])C(C)NC. The van der Waals surface area contributed by atoms with Crippen molar-refractivity contribution in [3.05, 3.63) is 33.9 Å². The van der Waals surface area contributed by atoms with E-state index in [-0.39, 0.29) is 22.5 Å². The number of rotatable bonds is 7. The number of hydrogen-bond donors (Lipinski definition) is 2. The summed E-state index contributed by atoms with van der Waals surface area (Å²) in [6.07, 6.45) is 0.709. The predicted molar refractivity (Wildman–Crippen MR) is 80.9 cm³/mol. The number of nitro groups is 1. The number of nitrogens with one attached hydrogen (secondary N) is 2. The molecule has 7 nitrogen and oxygen atoms in total. The van der Waals surface area contributed by atoms with E-state index in [2.05, 4.69) is 10.0 Å². The zero-order valence-corrected chi connectivity index (χ0v) is 13.4. The van der Waals surface area contributed by atoms with Gasteiger partial charge >= 0.3 is 0 Å². The van der Waals surface area contributed by atoms with E-state index in [1.807, 2.05) is 13.8 Å². The highest BCUT2D eigenvalue weighted by Gasteiger charge is 2.27. The normalized spacial score (nSPS) is 14.7. The lowest BCUT2D eigenvalue weighted by Gasteiger charge is -2.22. The van der Waals surface area contributed by atoms with Crippen LogP contribution in [0.1, 0.15) is 31.7 Å². The molecule has 0 fully saturated rings.